The van der Waals surface area contributed by atoms with E-state index in [-0.39, 0.29) is 24.4 Å². The summed E-state index contributed by atoms with van der Waals surface area (Å²) in [7, 11) is 0. The maximum atomic E-state index is 12.6. The molecular formula is C25H25NO7S2. The summed E-state index contributed by atoms with van der Waals surface area (Å²) in [5.74, 6) is -0.735. The number of rotatable bonds is 9. The molecule has 0 atom stereocenters. The number of amides is 1. The number of anilines is 1. The van der Waals surface area contributed by atoms with Gasteiger partial charge in [-0.3, -0.25) is 4.79 Å². The van der Waals surface area contributed by atoms with Gasteiger partial charge >= 0.3 is 11.9 Å². The number of carbonyl (C=O) groups is 3. The third kappa shape index (κ3) is 5.83. The molecular weight excluding hydrogens is 490 g/mol. The highest BCUT2D eigenvalue weighted by molar-refractivity contribution is 7.17. The number of esters is 2. The molecule has 0 unspecified atom stereocenters. The van der Waals surface area contributed by atoms with Gasteiger partial charge in [0.1, 0.15) is 16.2 Å². The van der Waals surface area contributed by atoms with Crippen LogP contribution in [0.5, 0.6) is 11.5 Å². The van der Waals surface area contributed by atoms with Crippen LogP contribution in [-0.2, 0) is 25.5 Å². The number of hydrogen-bond acceptors (Lipinski definition) is 9. The first kappa shape index (κ1) is 24.7. The molecule has 10 heteroatoms. The van der Waals surface area contributed by atoms with Crippen LogP contribution in [0, 0.1) is 0 Å². The Bertz CT molecular complexity index is 1230. The van der Waals surface area contributed by atoms with Crippen LogP contribution in [-0.4, -0.2) is 43.3 Å². The van der Waals surface area contributed by atoms with Gasteiger partial charge in [0.2, 0.25) is 0 Å². The molecule has 2 aromatic heterocycles. The third-order valence-corrected chi connectivity index (χ3v) is 6.87. The van der Waals surface area contributed by atoms with Crippen molar-refractivity contribution >= 4 is 45.5 Å². The highest BCUT2D eigenvalue weighted by Gasteiger charge is 2.32. The van der Waals surface area contributed by atoms with Gasteiger partial charge in [-0.2, -0.15) is 0 Å². The number of carbonyl (C=O) groups excluding carboxylic acids is 3. The summed E-state index contributed by atoms with van der Waals surface area (Å²) < 4.78 is 21.7. The van der Waals surface area contributed by atoms with Crippen molar-refractivity contribution in [2.75, 3.05) is 25.1 Å². The van der Waals surface area contributed by atoms with Gasteiger partial charge in [0.05, 0.1) is 6.61 Å². The predicted octanol–water partition coefficient (Wildman–Crippen LogP) is 4.93. The Balaban J connectivity index is 1.33. The third-order valence-electron chi connectivity index (χ3n) is 5.07. The maximum Gasteiger partial charge on any atom is 0.344 e. The molecule has 1 aromatic carbocycles. The van der Waals surface area contributed by atoms with Crippen LogP contribution in [0.3, 0.4) is 0 Å². The topological polar surface area (TPSA) is 100 Å². The number of nitrogens with one attached hydrogen (secondary N) is 1. The molecule has 0 radical (unpaired) electrons. The zero-order valence-electron chi connectivity index (χ0n) is 19.5. The minimum atomic E-state index is -0.703. The molecule has 0 bridgehead atoms. The van der Waals surface area contributed by atoms with Crippen molar-refractivity contribution in [1.82, 2.24) is 0 Å². The molecule has 8 nitrogen and oxygen atoms in total. The van der Waals surface area contributed by atoms with Gasteiger partial charge in [-0.1, -0.05) is 18.2 Å². The average Bonchev–Trinajstić information content (AvgIpc) is 3.53. The van der Waals surface area contributed by atoms with E-state index < -0.39 is 24.5 Å². The number of thiophene rings is 2. The molecule has 3 heterocycles. The summed E-state index contributed by atoms with van der Waals surface area (Å²) in [6, 6.07) is 9.28. The van der Waals surface area contributed by atoms with E-state index in [9.17, 15) is 14.4 Å². The molecule has 0 saturated carbocycles. The summed E-state index contributed by atoms with van der Waals surface area (Å²) in [6.45, 7) is 4.99. The molecule has 1 aliphatic rings. The fourth-order valence-electron chi connectivity index (χ4n) is 3.66. The van der Waals surface area contributed by atoms with Gasteiger partial charge in [-0.05, 0) is 38.3 Å². The minimum absolute atomic E-state index is 0.205. The van der Waals surface area contributed by atoms with E-state index in [1.165, 1.54) is 22.7 Å². The Morgan fingerprint density at radius 3 is 2.66 bits per heavy atom. The van der Waals surface area contributed by atoms with Crippen LogP contribution in [0.2, 0.25) is 0 Å². The standard InChI is InChI=1S/C25H25NO7S2/c1-4-30-24(29)21-16(18-9-6-10-34-18)14-35-23(21)26-19(27)12-32-20(28)13-31-17-8-5-7-15-11-25(2,3)33-22(15)17/h5-10,14H,4,11-13H2,1-3H3,(H,26,27). The summed E-state index contributed by atoms with van der Waals surface area (Å²) in [4.78, 5) is 38.1. The van der Waals surface area contributed by atoms with Crippen molar-refractivity contribution < 1.29 is 33.3 Å². The fraction of sp³-hybridized carbons (Fsp3) is 0.320. The summed E-state index contributed by atoms with van der Waals surface area (Å²) in [6.07, 6.45) is 0.745. The second-order valence-electron chi connectivity index (χ2n) is 8.33. The van der Waals surface area contributed by atoms with Gasteiger partial charge in [-0.15, -0.1) is 22.7 Å². The number of ether oxygens (including phenoxy) is 4. The first-order valence-corrected chi connectivity index (χ1v) is 12.7. The van der Waals surface area contributed by atoms with Gasteiger partial charge in [-0.25, -0.2) is 9.59 Å². The molecule has 0 fully saturated rings. The van der Waals surface area contributed by atoms with Gasteiger partial charge in [0, 0.05) is 27.8 Å². The smallest absolute Gasteiger partial charge is 0.344 e. The molecule has 1 N–H and O–H groups in total. The van der Waals surface area contributed by atoms with E-state index in [1.807, 2.05) is 43.5 Å². The first-order chi connectivity index (χ1) is 16.8. The average molecular weight is 516 g/mol. The second kappa shape index (κ2) is 10.5. The van der Waals surface area contributed by atoms with Gasteiger partial charge < -0.3 is 24.3 Å². The Morgan fingerprint density at radius 2 is 1.91 bits per heavy atom. The van der Waals surface area contributed by atoms with Crippen LogP contribution in [0.25, 0.3) is 10.4 Å². The van der Waals surface area contributed by atoms with Crippen LogP contribution in [0.15, 0.2) is 41.1 Å². The van der Waals surface area contributed by atoms with E-state index in [4.69, 9.17) is 18.9 Å². The number of hydrogen-bond donors (Lipinski definition) is 1. The lowest BCUT2D eigenvalue weighted by atomic mass is 10.0. The SMILES string of the molecule is CCOC(=O)c1c(-c2cccs2)csc1NC(=O)COC(=O)COc1cccc2c1OC(C)(C)C2. The quantitative estimate of drug-likeness (QED) is 0.404. The van der Waals surface area contributed by atoms with Crippen molar-refractivity contribution in [3.8, 4) is 21.9 Å². The second-order valence-corrected chi connectivity index (χ2v) is 10.2. The molecule has 0 aliphatic carbocycles. The van der Waals surface area contributed by atoms with Crippen molar-refractivity contribution in [2.24, 2.45) is 0 Å². The van der Waals surface area contributed by atoms with E-state index in [1.54, 1.807) is 18.4 Å². The fourth-order valence-corrected chi connectivity index (χ4v) is 5.44. The first-order valence-electron chi connectivity index (χ1n) is 11.0. The zero-order chi connectivity index (χ0) is 25.0. The van der Waals surface area contributed by atoms with Crippen LogP contribution >= 0.6 is 22.7 Å². The van der Waals surface area contributed by atoms with Crippen molar-refractivity contribution in [2.45, 2.75) is 32.8 Å². The number of fused-ring (bicyclic) bond motifs is 1. The molecule has 0 saturated heterocycles. The number of para-hydroxylation sites is 1. The lowest BCUT2D eigenvalue weighted by Gasteiger charge is -2.18. The van der Waals surface area contributed by atoms with E-state index >= 15 is 0 Å². The normalized spacial score (nSPS) is 13.5. The Kier molecular flexibility index (Phi) is 7.42. The number of benzene rings is 1. The molecule has 3 aromatic rings. The Hall–Kier alpha value is -3.37. The van der Waals surface area contributed by atoms with Crippen molar-refractivity contribution in [3.05, 3.63) is 52.2 Å². The molecule has 1 aliphatic heterocycles. The Morgan fingerprint density at radius 1 is 1.09 bits per heavy atom. The summed E-state index contributed by atoms with van der Waals surface area (Å²) in [5, 5.41) is 6.67. The maximum absolute atomic E-state index is 12.6. The van der Waals surface area contributed by atoms with Crippen molar-refractivity contribution in [1.29, 1.82) is 0 Å². The molecule has 0 spiro atoms. The summed E-state index contributed by atoms with van der Waals surface area (Å²) >= 11 is 2.68. The predicted molar refractivity (Wildman–Crippen MR) is 134 cm³/mol. The molecule has 4 rings (SSSR count). The van der Waals surface area contributed by atoms with E-state index in [0.29, 0.717) is 22.1 Å². The van der Waals surface area contributed by atoms with Crippen LogP contribution < -0.4 is 14.8 Å². The van der Waals surface area contributed by atoms with Gasteiger partial charge in [0.15, 0.2) is 24.7 Å². The molecule has 35 heavy (non-hydrogen) atoms. The minimum Gasteiger partial charge on any atom is -0.483 e. The summed E-state index contributed by atoms with van der Waals surface area (Å²) in [5.41, 5.74) is 1.64. The highest BCUT2D eigenvalue weighted by Crippen LogP contribution is 2.42. The largest absolute Gasteiger partial charge is 0.483 e. The highest BCUT2D eigenvalue weighted by atomic mass is 32.1. The lowest BCUT2D eigenvalue weighted by molar-refractivity contribution is -0.149. The molecule has 1 amide bonds. The lowest BCUT2D eigenvalue weighted by Crippen LogP contribution is -2.25. The van der Waals surface area contributed by atoms with E-state index in [2.05, 4.69) is 5.32 Å². The monoisotopic (exact) mass is 515 g/mol. The van der Waals surface area contributed by atoms with Crippen LogP contribution in [0.1, 0.15) is 36.7 Å². The van der Waals surface area contributed by atoms with E-state index in [0.717, 1.165) is 16.9 Å². The van der Waals surface area contributed by atoms with Crippen LogP contribution in [0.4, 0.5) is 5.00 Å². The van der Waals surface area contributed by atoms with Gasteiger partial charge in [0.25, 0.3) is 5.91 Å². The molecule has 184 valence electrons. The van der Waals surface area contributed by atoms with Crippen molar-refractivity contribution in [3.63, 3.8) is 0 Å². The Labute approximate surface area is 210 Å². The zero-order valence-corrected chi connectivity index (χ0v) is 21.2.